The number of carbonyl (C=O) groups is 1. The minimum absolute atomic E-state index is 0.282. The summed E-state index contributed by atoms with van der Waals surface area (Å²) in [6.45, 7) is 2.16. The van der Waals surface area contributed by atoms with Gasteiger partial charge in [0.2, 0.25) is 0 Å². The first-order chi connectivity index (χ1) is 17.9. The summed E-state index contributed by atoms with van der Waals surface area (Å²) in [5, 5.41) is 13.7. The number of halogens is 3. The highest BCUT2D eigenvalue weighted by atomic mass is 35.5. The van der Waals surface area contributed by atoms with Gasteiger partial charge in [0.25, 0.3) is 0 Å². The Morgan fingerprint density at radius 3 is 2.73 bits per heavy atom. The second-order valence-electron chi connectivity index (χ2n) is 8.84. The van der Waals surface area contributed by atoms with Gasteiger partial charge < -0.3 is 5.32 Å². The lowest BCUT2D eigenvalue weighted by Gasteiger charge is -2.27. The zero-order valence-corrected chi connectivity index (χ0v) is 20.5. The van der Waals surface area contributed by atoms with Crippen molar-refractivity contribution < 1.29 is 13.6 Å². The van der Waals surface area contributed by atoms with Crippen molar-refractivity contribution in [2.75, 3.05) is 13.1 Å². The van der Waals surface area contributed by atoms with Gasteiger partial charge in [-0.1, -0.05) is 29.8 Å². The topological polar surface area (TPSA) is 74.0 Å². The Labute approximate surface area is 217 Å². The average Bonchev–Trinajstić information content (AvgIpc) is 3.19. The molecule has 6 nitrogen and oxygen atoms in total. The lowest BCUT2D eigenvalue weighted by molar-refractivity contribution is 0.240. The number of carbonyl (C=O) groups excluding carboxylic acids is 1. The normalized spacial score (nSPS) is 13.6. The SMILES string of the molecule is N#Cc1ccc2c3c(n(C(=O)NCc4ccnc(Cl)c4)c2c1)CCN(CC=Cc1cc(F)cc(F)c1)C3. The van der Waals surface area contributed by atoms with Crippen LogP contribution in [0.4, 0.5) is 13.6 Å². The van der Waals surface area contributed by atoms with Crippen LogP contribution >= 0.6 is 11.6 Å². The molecule has 9 heteroatoms. The summed E-state index contributed by atoms with van der Waals surface area (Å²) in [5.74, 6) is -1.23. The number of rotatable bonds is 5. The van der Waals surface area contributed by atoms with Crippen molar-refractivity contribution in [3.8, 4) is 6.07 Å². The van der Waals surface area contributed by atoms with Crippen LogP contribution in [-0.2, 0) is 19.5 Å². The number of hydrogen-bond acceptors (Lipinski definition) is 4. The van der Waals surface area contributed by atoms with Gasteiger partial charge in [-0.25, -0.2) is 18.6 Å². The molecule has 0 aliphatic carbocycles. The van der Waals surface area contributed by atoms with Crippen LogP contribution in [0.25, 0.3) is 17.0 Å². The van der Waals surface area contributed by atoms with Gasteiger partial charge in [0.15, 0.2) is 0 Å². The molecular formula is C28H22ClF2N5O. The Hall–Kier alpha value is -4.06. The van der Waals surface area contributed by atoms with E-state index in [1.165, 1.54) is 12.1 Å². The standard InChI is InChI=1S/C28H22ClF2N5O/c29-27-13-20(5-7-33-27)16-34-28(37)36-25-6-9-35(8-1-2-18-10-21(30)14-22(31)11-18)17-24(25)23-4-3-19(15-32)12-26(23)36/h1-5,7,10-14H,6,8-9,16-17H2,(H,34,37). The Morgan fingerprint density at radius 2 is 1.97 bits per heavy atom. The molecule has 0 saturated heterocycles. The lowest BCUT2D eigenvalue weighted by atomic mass is 10.0. The van der Waals surface area contributed by atoms with Crippen molar-refractivity contribution in [3.63, 3.8) is 0 Å². The van der Waals surface area contributed by atoms with Gasteiger partial charge in [-0.05, 0) is 53.1 Å². The zero-order chi connectivity index (χ0) is 25.9. The lowest BCUT2D eigenvalue weighted by Crippen LogP contribution is -2.34. The molecule has 0 radical (unpaired) electrons. The van der Waals surface area contributed by atoms with Gasteiger partial charge in [-0.15, -0.1) is 0 Å². The number of aromatic nitrogens is 2. The van der Waals surface area contributed by atoms with Crippen LogP contribution in [0.15, 0.2) is 60.8 Å². The van der Waals surface area contributed by atoms with Crippen LogP contribution in [0.2, 0.25) is 5.15 Å². The number of hydrogen-bond donors (Lipinski definition) is 1. The van der Waals surface area contributed by atoms with Gasteiger partial charge in [0.05, 0.1) is 17.1 Å². The molecule has 0 bridgehead atoms. The second-order valence-corrected chi connectivity index (χ2v) is 9.23. The first-order valence-corrected chi connectivity index (χ1v) is 12.1. The molecule has 1 aliphatic rings. The van der Waals surface area contributed by atoms with E-state index in [0.717, 1.165) is 28.3 Å². The van der Waals surface area contributed by atoms with E-state index in [1.54, 1.807) is 41.1 Å². The average molecular weight is 518 g/mol. The fourth-order valence-electron chi connectivity index (χ4n) is 4.69. The highest BCUT2D eigenvalue weighted by Crippen LogP contribution is 2.31. The van der Waals surface area contributed by atoms with E-state index in [9.17, 15) is 18.8 Å². The van der Waals surface area contributed by atoms with E-state index in [-0.39, 0.29) is 12.6 Å². The first-order valence-electron chi connectivity index (χ1n) is 11.7. The molecule has 1 aliphatic heterocycles. The molecule has 1 amide bonds. The van der Waals surface area contributed by atoms with Crippen molar-refractivity contribution in [2.45, 2.75) is 19.5 Å². The summed E-state index contributed by atoms with van der Waals surface area (Å²) in [6, 6.07) is 14.1. The number of nitrogens with zero attached hydrogens (tertiary/aromatic N) is 4. The van der Waals surface area contributed by atoms with Gasteiger partial charge in [0, 0.05) is 55.9 Å². The monoisotopic (exact) mass is 517 g/mol. The summed E-state index contributed by atoms with van der Waals surface area (Å²) in [5.41, 5.74) is 4.37. The number of nitriles is 1. The van der Waals surface area contributed by atoms with Crippen molar-refractivity contribution in [3.05, 3.63) is 106 Å². The molecule has 37 heavy (non-hydrogen) atoms. The molecule has 186 valence electrons. The molecule has 1 N–H and O–H groups in total. The van der Waals surface area contributed by atoms with Crippen molar-refractivity contribution in [1.29, 1.82) is 5.26 Å². The van der Waals surface area contributed by atoms with E-state index in [0.29, 0.717) is 47.9 Å². The first kappa shape index (κ1) is 24.6. The predicted molar refractivity (Wildman–Crippen MR) is 138 cm³/mol. The highest BCUT2D eigenvalue weighted by molar-refractivity contribution is 6.29. The van der Waals surface area contributed by atoms with Crippen molar-refractivity contribution >= 4 is 34.6 Å². The van der Waals surface area contributed by atoms with Gasteiger partial charge >= 0.3 is 6.03 Å². The fourth-order valence-corrected chi connectivity index (χ4v) is 4.89. The van der Waals surface area contributed by atoms with Crippen molar-refractivity contribution in [1.82, 2.24) is 19.8 Å². The van der Waals surface area contributed by atoms with Gasteiger partial charge in [-0.3, -0.25) is 9.47 Å². The number of pyridine rings is 1. The molecule has 0 unspecified atom stereocenters. The second kappa shape index (κ2) is 10.5. The number of fused-ring (bicyclic) bond motifs is 3. The van der Waals surface area contributed by atoms with E-state index in [2.05, 4.69) is 21.3 Å². The number of nitrogens with one attached hydrogen (secondary N) is 1. The van der Waals surface area contributed by atoms with E-state index >= 15 is 0 Å². The highest BCUT2D eigenvalue weighted by Gasteiger charge is 2.26. The van der Waals surface area contributed by atoms with Crippen LogP contribution in [0.5, 0.6) is 0 Å². The summed E-state index contributed by atoms with van der Waals surface area (Å²) < 4.78 is 28.6. The molecule has 2 aromatic carbocycles. The molecule has 3 heterocycles. The van der Waals surface area contributed by atoms with Gasteiger partial charge in [0.1, 0.15) is 16.8 Å². The molecule has 5 rings (SSSR count). The number of benzene rings is 2. The molecule has 0 saturated carbocycles. The molecule has 0 atom stereocenters. The minimum Gasteiger partial charge on any atom is -0.333 e. The zero-order valence-electron chi connectivity index (χ0n) is 19.7. The molecule has 0 fully saturated rings. The van der Waals surface area contributed by atoms with Crippen LogP contribution < -0.4 is 5.32 Å². The Morgan fingerprint density at radius 1 is 1.16 bits per heavy atom. The van der Waals surface area contributed by atoms with Crippen LogP contribution in [-0.4, -0.2) is 33.6 Å². The summed E-state index contributed by atoms with van der Waals surface area (Å²) in [4.78, 5) is 19.5. The molecule has 4 aromatic rings. The number of amides is 1. The Bertz CT molecular complexity index is 1550. The predicted octanol–water partition coefficient (Wildman–Crippen LogP) is 5.67. The van der Waals surface area contributed by atoms with Gasteiger partial charge in [-0.2, -0.15) is 5.26 Å². The Balaban J connectivity index is 1.39. The van der Waals surface area contributed by atoms with E-state index in [1.807, 2.05) is 12.1 Å². The van der Waals surface area contributed by atoms with E-state index < -0.39 is 11.6 Å². The van der Waals surface area contributed by atoms with Crippen LogP contribution in [0.1, 0.15) is 27.9 Å². The minimum atomic E-state index is -0.614. The largest absolute Gasteiger partial charge is 0.333 e. The Kier molecular flexibility index (Phi) is 6.99. The fraction of sp³-hybridized carbons (Fsp3) is 0.179. The van der Waals surface area contributed by atoms with Crippen LogP contribution in [0, 0.1) is 23.0 Å². The molecule has 0 spiro atoms. The summed E-state index contributed by atoms with van der Waals surface area (Å²) in [6.07, 6.45) is 5.79. The third kappa shape index (κ3) is 5.38. The van der Waals surface area contributed by atoms with Crippen LogP contribution in [0.3, 0.4) is 0 Å². The molecular weight excluding hydrogens is 496 g/mol. The summed E-state index contributed by atoms with van der Waals surface area (Å²) in [7, 11) is 0. The third-order valence-corrected chi connectivity index (χ3v) is 6.56. The smallest absolute Gasteiger partial charge is 0.326 e. The quantitative estimate of drug-likeness (QED) is 0.346. The van der Waals surface area contributed by atoms with E-state index in [4.69, 9.17) is 11.6 Å². The maximum Gasteiger partial charge on any atom is 0.326 e. The summed E-state index contributed by atoms with van der Waals surface area (Å²) >= 11 is 5.96. The maximum absolute atomic E-state index is 13.5. The maximum atomic E-state index is 13.5. The molecule has 2 aromatic heterocycles. The third-order valence-electron chi connectivity index (χ3n) is 6.35. The van der Waals surface area contributed by atoms with Crippen molar-refractivity contribution in [2.24, 2.45) is 0 Å².